The van der Waals surface area contributed by atoms with Crippen LogP contribution in [0.3, 0.4) is 0 Å². The lowest BCUT2D eigenvalue weighted by Gasteiger charge is -2.31. The summed E-state index contributed by atoms with van der Waals surface area (Å²) in [7, 11) is -1.68. The van der Waals surface area contributed by atoms with Crippen LogP contribution >= 0.6 is 0 Å². The molecule has 1 aliphatic rings. The zero-order valence-electron chi connectivity index (χ0n) is 22.3. The summed E-state index contributed by atoms with van der Waals surface area (Å²) in [6.07, 6.45) is 3.74. The van der Waals surface area contributed by atoms with E-state index in [1.54, 1.807) is 36.5 Å². The quantitative estimate of drug-likeness (QED) is 0.235. The van der Waals surface area contributed by atoms with Crippen LogP contribution in [0.4, 0.5) is 5.69 Å². The molecule has 14 heteroatoms. The number of nitrogens with zero attached hydrogens (tertiary/aromatic N) is 6. The Bertz CT molecular complexity index is 1590. The lowest BCUT2D eigenvalue weighted by molar-refractivity contribution is -0.121. The average Bonchev–Trinajstić information content (AvgIpc) is 3.53. The molecular formula is C27H29N9O4S. The molecule has 1 unspecified atom stereocenters. The maximum absolute atomic E-state index is 13.2. The van der Waals surface area contributed by atoms with Crippen molar-refractivity contribution in [3.05, 3.63) is 72.6 Å². The van der Waals surface area contributed by atoms with Crippen molar-refractivity contribution in [2.45, 2.75) is 17.4 Å². The highest BCUT2D eigenvalue weighted by Crippen LogP contribution is 2.25. The lowest BCUT2D eigenvalue weighted by atomic mass is 10.0. The third-order valence-electron chi connectivity index (χ3n) is 6.88. The Balaban J connectivity index is 1.25. The van der Waals surface area contributed by atoms with Crippen LogP contribution in [0, 0.1) is 0 Å². The van der Waals surface area contributed by atoms with E-state index < -0.39 is 16.1 Å². The molecule has 212 valence electrons. The van der Waals surface area contributed by atoms with E-state index >= 15 is 0 Å². The lowest BCUT2D eigenvalue weighted by Crippen LogP contribution is -2.47. The van der Waals surface area contributed by atoms with Gasteiger partial charge in [-0.1, -0.05) is 24.3 Å². The van der Waals surface area contributed by atoms with Crippen molar-refractivity contribution in [3.8, 4) is 22.5 Å². The van der Waals surface area contributed by atoms with E-state index in [1.165, 1.54) is 10.5 Å². The highest BCUT2D eigenvalue weighted by molar-refractivity contribution is 7.89. The van der Waals surface area contributed by atoms with Gasteiger partial charge in [0, 0.05) is 61.8 Å². The van der Waals surface area contributed by atoms with Crippen molar-refractivity contribution in [2.75, 3.05) is 38.5 Å². The minimum atomic E-state index is -3.65. The molecule has 2 aromatic heterocycles. The van der Waals surface area contributed by atoms with Gasteiger partial charge in [0.05, 0.1) is 0 Å². The van der Waals surface area contributed by atoms with E-state index in [0.717, 1.165) is 16.7 Å². The standard InChI is InChI=1S/C27H29N9O4S/c1-35-10-12-36(13-11-35)41(39,40)24-15-22(16-28-17-24)20-4-2-19(3-5-20)14-25(29-18-37)27(38)30-23-8-6-21(7-9-23)26-31-33-34-32-26/h2-9,15-18,25H,10-14H2,1H3,(H,29,37)(H,30,38)(H,31,32,33,34). The number of sulfonamides is 1. The van der Waals surface area contributed by atoms with Crippen LogP contribution in [0.1, 0.15) is 5.56 Å². The highest BCUT2D eigenvalue weighted by atomic mass is 32.2. The summed E-state index contributed by atoms with van der Waals surface area (Å²) in [5.41, 5.74) is 3.54. The first-order chi connectivity index (χ1) is 19.8. The second-order valence-corrected chi connectivity index (χ2v) is 11.6. The van der Waals surface area contributed by atoms with Crippen molar-refractivity contribution in [2.24, 2.45) is 0 Å². The molecule has 41 heavy (non-hydrogen) atoms. The molecule has 1 saturated heterocycles. The highest BCUT2D eigenvalue weighted by Gasteiger charge is 2.28. The van der Waals surface area contributed by atoms with Gasteiger partial charge in [0.1, 0.15) is 10.9 Å². The Hall–Kier alpha value is -4.53. The number of rotatable bonds is 10. The Kier molecular flexibility index (Phi) is 8.42. The minimum absolute atomic E-state index is 0.154. The van der Waals surface area contributed by atoms with Gasteiger partial charge >= 0.3 is 0 Å². The molecular weight excluding hydrogens is 546 g/mol. The number of benzene rings is 2. The number of aromatic amines is 1. The van der Waals surface area contributed by atoms with Gasteiger partial charge in [0.25, 0.3) is 0 Å². The summed E-state index contributed by atoms with van der Waals surface area (Å²) in [6.45, 7) is 2.24. The predicted octanol–water partition coefficient (Wildman–Crippen LogP) is 1.16. The van der Waals surface area contributed by atoms with Crippen molar-refractivity contribution in [3.63, 3.8) is 0 Å². The number of likely N-dealkylation sites (N-methyl/N-ethyl adjacent to an activating group) is 1. The Labute approximate surface area is 237 Å². The van der Waals surface area contributed by atoms with Gasteiger partial charge in [0.15, 0.2) is 0 Å². The molecule has 1 fully saturated rings. The number of anilines is 1. The van der Waals surface area contributed by atoms with Gasteiger partial charge < -0.3 is 15.5 Å². The second-order valence-electron chi connectivity index (χ2n) is 9.66. The van der Waals surface area contributed by atoms with Gasteiger partial charge in [0.2, 0.25) is 28.2 Å². The predicted molar refractivity (Wildman–Crippen MR) is 151 cm³/mol. The SMILES string of the molecule is CN1CCN(S(=O)(=O)c2cncc(-c3ccc(CC(NC=O)C(=O)Nc4ccc(-c5nn[nH]n5)cc4)cc3)c2)CC1. The first kappa shape index (κ1) is 28.0. The molecule has 13 nitrogen and oxygen atoms in total. The Morgan fingerprint density at radius 2 is 1.71 bits per heavy atom. The van der Waals surface area contributed by atoms with Crippen molar-refractivity contribution in [1.29, 1.82) is 0 Å². The molecule has 0 bridgehead atoms. The number of H-pyrrole nitrogens is 1. The molecule has 1 aliphatic heterocycles. The number of tetrazole rings is 1. The maximum Gasteiger partial charge on any atom is 0.247 e. The zero-order chi connectivity index (χ0) is 28.8. The zero-order valence-corrected chi connectivity index (χ0v) is 23.1. The number of hydrogen-bond donors (Lipinski definition) is 3. The molecule has 1 atom stereocenters. The number of carbonyl (C=O) groups is 2. The van der Waals surface area contributed by atoms with Gasteiger partial charge in [-0.15, -0.1) is 10.2 Å². The number of hydrogen-bond acceptors (Lipinski definition) is 9. The molecule has 0 saturated carbocycles. The van der Waals surface area contributed by atoms with Crippen LogP contribution < -0.4 is 10.6 Å². The fourth-order valence-corrected chi connectivity index (χ4v) is 5.90. The molecule has 0 radical (unpaired) electrons. The number of carbonyl (C=O) groups excluding carboxylic acids is 2. The molecule has 4 aromatic rings. The van der Waals surface area contributed by atoms with Crippen LogP contribution in [0.2, 0.25) is 0 Å². The van der Waals surface area contributed by atoms with E-state index in [-0.39, 0.29) is 17.2 Å². The van der Waals surface area contributed by atoms with E-state index in [4.69, 9.17) is 0 Å². The van der Waals surface area contributed by atoms with Crippen LogP contribution in [-0.2, 0) is 26.0 Å². The van der Waals surface area contributed by atoms with E-state index in [1.807, 2.05) is 31.3 Å². The molecule has 3 heterocycles. The van der Waals surface area contributed by atoms with Crippen LogP contribution in [0.15, 0.2) is 71.9 Å². The largest absolute Gasteiger partial charge is 0.347 e. The van der Waals surface area contributed by atoms with E-state index in [2.05, 4.69) is 41.1 Å². The van der Waals surface area contributed by atoms with Crippen LogP contribution in [0.5, 0.6) is 0 Å². The van der Waals surface area contributed by atoms with Crippen molar-refractivity contribution < 1.29 is 18.0 Å². The Morgan fingerprint density at radius 1 is 1.00 bits per heavy atom. The van der Waals surface area contributed by atoms with Crippen LogP contribution in [0.25, 0.3) is 22.5 Å². The number of aromatic nitrogens is 5. The number of piperazine rings is 1. The van der Waals surface area contributed by atoms with Crippen molar-refractivity contribution in [1.82, 2.24) is 40.1 Å². The third-order valence-corrected chi connectivity index (χ3v) is 8.75. The van der Waals surface area contributed by atoms with E-state index in [0.29, 0.717) is 49.7 Å². The van der Waals surface area contributed by atoms with Gasteiger partial charge in [-0.2, -0.15) is 9.52 Å². The summed E-state index contributed by atoms with van der Waals surface area (Å²) in [4.78, 5) is 30.6. The monoisotopic (exact) mass is 575 g/mol. The Morgan fingerprint density at radius 3 is 2.37 bits per heavy atom. The van der Waals surface area contributed by atoms with Gasteiger partial charge in [-0.05, 0) is 53.7 Å². The van der Waals surface area contributed by atoms with Gasteiger partial charge in [-0.25, -0.2) is 8.42 Å². The number of nitrogens with one attached hydrogen (secondary N) is 3. The summed E-state index contributed by atoms with van der Waals surface area (Å²) in [5.74, 6) is 0.0606. The number of pyridine rings is 1. The fourth-order valence-electron chi connectivity index (χ4n) is 4.49. The molecule has 3 N–H and O–H groups in total. The van der Waals surface area contributed by atoms with Crippen LogP contribution in [-0.4, -0.2) is 94.8 Å². The molecule has 0 aliphatic carbocycles. The smallest absolute Gasteiger partial charge is 0.247 e. The topological polar surface area (TPSA) is 166 Å². The van der Waals surface area contributed by atoms with Crippen molar-refractivity contribution >= 4 is 28.0 Å². The maximum atomic E-state index is 13.2. The molecule has 2 amide bonds. The first-order valence-corrected chi connectivity index (χ1v) is 14.3. The van der Waals surface area contributed by atoms with Gasteiger partial charge in [-0.3, -0.25) is 14.6 Å². The third kappa shape index (κ3) is 6.62. The minimum Gasteiger partial charge on any atom is -0.347 e. The molecule has 2 aromatic carbocycles. The summed E-state index contributed by atoms with van der Waals surface area (Å²) >= 11 is 0. The number of amides is 2. The fraction of sp³-hybridized carbons (Fsp3) is 0.259. The summed E-state index contributed by atoms with van der Waals surface area (Å²) in [6, 6.07) is 15.1. The molecule has 5 rings (SSSR count). The second kappa shape index (κ2) is 12.3. The summed E-state index contributed by atoms with van der Waals surface area (Å²) in [5, 5.41) is 19.2. The van der Waals surface area contributed by atoms with E-state index in [9.17, 15) is 18.0 Å². The average molecular weight is 576 g/mol. The normalized spacial score (nSPS) is 15.2. The molecule has 0 spiro atoms. The first-order valence-electron chi connectivity index (χ1n) is 12.9. The summed E-state index contributed by atoms with van der Waals surface area (Å²) < 4.78 is 27.8.